The van der Waals surface area contributed by atoms with Crippen LogP contribution in [0.1, 0.15) is 78.3 Å². The van der Waals surface area contributed by atoms with Crippen molar-refractivity contribution in [1.29, 1.82) is 0 Å². The highest BCUT2D eigenvalue weighted by Gasteiger charge is 2.21. The summed E-state index contributed by atoms with van der Waals surface area (Å²) in [6.45, 7) is 4.39. The van der Waals surface area contributed by atoms with Crippen molar-refractivity contribution in [1.82, 2.24) is 20.4 Å². The Labute approximate surface area is 406 Å². The zero-order chi connectivity index (χ0) is 47.6. The average Bonchev–Trinajstić information content (AvgIpc) is 3.96. The third-order valence-electron chi connectivity index (χ3n) is 12.9. The second-order valence-corrected chi connectivity index (χ2v) is 17.5. The fraction of sp³-hybridized carbons (Fsp3) is 0.288. The van der Waals surface area contributed by atoms with Gasteiger partial charge in [-0.25, -0.2) is 9.59 Å². The van der Waals surface area contributed by atoms with E-state index in [1.807, 2.05) is 58.3 Å². The van der Waals surface area contributed by atoms with Crippen LogP contribution in [0.2, 0.25) is 0 Å². The minimum Gasteiger partial charge on any atom is -0.491 e. The zero-order valence-corrected chi connectivity index (χ0v) is 39.5. The molecule has 2 aliphatic rings. The number of likely N-dealkylation sites (tertiary alicyclic amines) is 2. The van der Waals surface area contributed by atoms with Gasteiger partial charge >= 0.3 is 12.1 Å². The van der Waals surface area contributed by atoms with Gasteiger partial charge in [0.05, 0.1) is 13.2 Å². The molecule has 6 aromatic carbocycles. The van der Waals surface area contributed by atoms with Gasteiger partial charge in [0.2, 0.25) is 0 Å². The fourth-order valence-corrected chi connectivity index (χ4v) is 9.41. The fourth-order valence-electron chi connectivity index (χ4n) is 9.41. The molecule has 0 aliphatic carbocycles. The minimum atomic E-state index is -0.0682. The standard InChI is InChI=1S/C59H64N4O6/c64-39-41-68-52-27-23-48(24-28-52)56(47-15-6-2-7-16-47)55(32-34-61-59(67)63-37-10-11-38-63)46-21-19-44(20-22-46)50-17-12-18-51(43-50)57(49-25-29-53(30-26-49)69-42-40-65)54(45-13-4-1-5-14-45)31-33-60-58(66)62-35-8-3-9-36-62/h1-2,4-7,12-30,43,64-65H,3,8-11,31-42H2,(H,60,66)(H,61,67)/b56-55-,57-54+. The Morgan fingerprint density at radius 2 is 0.841 bits per heavy atom. The van der Waals surface area contributed by atoms with Gasteiger partial charge in [0, 0.05) is 39.3 Å². The number of nitrogens with one attached hydrogen (secondary N) is 2. The molecule has 8 rings (SSSR count). The molecule has 10 nitrogen and oxygen atoms in total. The van der Waals surface area contributed by atoms with Crippen LogP contribution in [-0.2, 0) is 0 Å². The lowest BCUT2D eigenvalue weighted by molar-refractivity contribution is 0.187. The van der Waals surface area contributed by atoms with Crippen molar-refractivity contribution in [3.63, 3.8) is 0 Å². The third kappa shape index (κ3) is 12.9. The number of hydrogen-bond donors (Lipinski definition) is 4. The molecule has 0 spiro atoms. The second kappa shape index (κ2) is 24.8. The number of ether oxygens (including phenoxy) is 2. The van der Waals surface area contributed by atoms with Crippen LogP contribution in [0.4, 0.5) is 9.59 Å². The predicted molar refractivity (Wildman–Crippen MR) is 277 cm³/mol. The number of urea groups is 2. The normalized spacial score (nSPS) is 14.4. The van der Waals surface area contributed by atoms with Crippen LogP contribution in [-0.4, -0.2) is 97.8 Å². The van der Waals surface area contributed by atoms with Gasteiger partial charge in [0.1, 0.15) is 24.7 Å². The monoisotopic (exact) mass is 924 g/mol. The largest absolute Gasteiger partial charge is 0.491 e. The summed E-state index contributed by atoms with van der Waals surface area (Å²) in [4.78, 5) is 30.3. The van der Waals surface area contributed by atoms with Crippen molar-refractivity contribution < 1.29 is 29.3 Å². The Kier molecular flexibility index (Phi) is 17.3. The molecule has 4 amide bonds. The molecule has 2 heterocycles. The van der Waals surface area contributed by atoms with E-state index in [0.29, 0.717) is 37.4 Å². The van der Waals surface area contributed by atoms with Gasteiger partial charge in [-0.1, -0.05) is 127 Å². The van der Waals surface area contributed by atoms with Gasteiger partial charge in [-0.05, 0) is 142 Å². The molecular weight excluding hydrogens is 861 g/mol. The number of aliphatic hydroxyl groups is 2. The molecule has 10 heteroatoms. The maximum absolute atomic E-state index is 13.3. The van der Waals surface area contributed by atoms with Crippen molar-refractivity contribution in [2.75, 3.05) is 65.7 Å². The van der Waals surface area contributed by atoms with E-state index in [9.17, 15) is 19.8 Å². The molecule has 0 atom stereocenters. The second-order valence-electron chi connectivity index (χ2n) is 17.5. The number of piperidine rings is 1. The van der Waals surface area contributed by atoms with Crippen LogP contribution < -0.4 is 20.1 Å². The molecule has 4 N–H and O–H groups in total. The van der Waals surface area contributed by atoms with Gasteiger partial charge in [-0.15, -0.1) is 0 Å². The summed E-state index contributed by atoms with van der Waals surface area (Å²) in [6.07, 6.45) is 6.50. The Morgan fingerprint density at radius 3 is 1.33 bits per heavy atom. The van der Waals surface area contributed by atoms with Crippen LogP contribution in [0.15, 0.2) is 158 Å². The minimum absolute atomic E-state index is 0.0121. The number of aliphatic hydroxyl groups excluding tert-OH is 2. The molecule has 356 valence electrons. The summed E-state index contributed by atoms with van der Waals surface area (Å²) in [5.74, 6) is 1.36. The van der Waals surface area contributed by atoms with Crippen molar-refractivity contribution in [3.8, 4) is 22.6 Å². The van der Waals surface area contributed by atoms with E-state index in [1.165, 1.54) is 0 Å². The lowest BCUT2D eigenvalue weighted by Crippen LogP contribution is -2.43. The van der Waals surface area contributed by atoms with E-state index < -0.39 is 0 Å². The SMILES string of the molecule is O=C(NCC/C(=C(\c1ccccc1)c1ccc(OCCO)cc1)c1ccc(-c2cccc(/C(=C(\CCNC(=O)N3CCCCC3)c3ccccc3)c3ccc(OCCO)cc3)c2)cc1)N1CCCC1. The number of hydrogen-bond acceptors (Lipinski definition) is 6. The van der Waals surface area contributed by atoms with Crippen molar-refractivity contribution in [2.24, 2.45) is 0 Å². The van der Waals surface area contributed by atoms with Gasteiger partial charge in [-0.2, -0.15) is 0 Å². The smallest absolute Gasteiger partial charge is 0.317 e. The first kappa shape index (κ1) is 48.3. The Bertz CT molecular complexity index is 2640. The zero-order valence-electron chi connectivity index (χ0n) is 39.5. The average molecular weight is 925 g/mol. The molecule has 2 saturated heterocycles. The first-order valence-corrected chi connectivity index (χ1v) is 24.5. The third-order valence-corrected chi connectivity index (χ3v) is 12.9. The van der Waals surface area contributed by atoms with Gasteiger partial charge in [0.25, 0.3) is 0 Å². The van der Waals surface area contributed by atoms with E-state index in [-0.39, 0.29) is 38.5 Å². The summed E-state index contributed by atoms with van der Waals surface area (Å²) < 4.78 is 11.5. The maximum atomic E-state index is 13.3. The first-order chi connectivity index (χ1) is 34.0. The molecular formula is C59H64N4O6. The van der Waals surface area contributed by atoms with Crippen LogP contribution in [0.25, 0.3) is 33.4 Å². The number of carbonyl (C=O) groups is 2. The lowest BCUT2D eigenvalue weighted by atomic mass is 9.86. The number of benzene rings is 6. The van der Waals surface area contributed by atoms with E-state index >= 15 is 0 Å². The quantitative estimate of drug-likeness (QED) is 0.0600. The Hall–Kier alpha value is -7.14. The summed E-state index contributed by atoms with van der Waals surface area (Å²) in [6, 6.07) is 54.1. The van der Waals surface area contributed by atoms with Crippen molar-refractivity contribution in [3.05, 3.63) is 191 Å². The predicted octanol–water partition coefficient (Wildman–Crippen LogP) is 10.8. The molecule has 2 fully saturated rings. The van der Waals surface area contributed by atoms with E-state index in [4.69, 9.17) is 9.47 Å². The Morgan fingerprint density at radius 1 is 0.435 bits per heavy atom. The van der Waals surface area contributed by atoms with Crippen molar-refractivity contribution in [2.45, 2.75) is 44.9 Å². The topological polar surface area (TPSA) is 124 Å². The summed E-state index contributed by atoms with van der Waals surface area (Å²) in [5, 5.41) is 25.2. The van der Waals surface area contributed by atoms with Crippen LogP contribution >= 0.6 is 0 Å². The molecule has 69 heavy (non-hydrogen) atoms. The first-order valence-electron chi connectivity index (χ1n) is 24.5. The molecule has 0 radical (unpaired) electrons. The number of nitrogens with zero attached hydrogens (tertiary/aromatic N) is 2. The molecule has 6 aromatic rings. The molecule has 0 aromatic heterocycles. The van der Waals surface area contributed by atoms with E-state index in [2.05, 4.69) is 120 Å². The molecule has 0 bridgehead atoms. The van der Waals surface area contributed by atoms with Gasteiger partial charge in [0.15, 0.2) is 0 Å². The highest BCUT2D eigenvalue weighted by Crippen LogP contribution is 2.39. The molecule has 2 aliphatic heterocycles. The highest BCUT2D eigenvalue weighted by molar-refractivity contribution is 6.00. The van der Waals surface area contributed by atoms with Gasteiger partial charge < -0.3 is 40.1 Å². The summed E-state index contributed by atoms with van der Waals surface area (Å²) >= 11 is 0. The van der Waals surface area contributed by atoms with E-state index in [0.717, 1.165) is 125 Å². The molecule has 0 unspecified atom stereocenters. The van der Waals surface area contributed by atoms with Crippen LogP contribution in [0.3, 0.4) is 0 Å². The maximum Gasteiger partial charge on any atom is 0.317 e. The highest BCUT2D eigenvalue weighted by atomic mass is 16.5. The van der Waals surface area contributed by atoms with Crippen LogP contribution in [0, 0.1) is 0 Å². The summed E-state index contributed by atoms with van der Waals surface area (Å²) in [5.41, 5.74) is 12.7. The molecule has 0 saturated carbocycles. The number of rotatable bonds is 19. The summed E-state index contributed by atoms with van der Waals surface area (Å²) in [7, 11) is 0. The number of amides is 4. The van der Waals surface area contributed by atoms with E-state index in [1.54, 1.807) is 0 Å². The van der Waals surface area contributed by atoms with Gasteiger partial charge in [-0.3, -0.25) is 0 Å². The lowest BCUT2D eigenvalue weighted by Gasteiger charge is -2.27. The Balaban J connectivity index is 1.17. The number of carbonyl (C=O) groups excluding carboxylic acids is 2. The van der Waals surface area contributed by atoms with Crippen LogP contribution in [0.5, 0.6) is 11.5 Å². The van der Waals surface area contributed by atoms with Crippen molar-refractivity contribution >= 4 is 34.4 Å².